The van der Waals surface area contributed by atoms with E-state index in [2.05, 4.69) is 77.3 Å². The van der Waals surface area contributed by atoms with Crippen LogP contribution in [0.1, 0.15) is 118 Å². The number of aliphatic hydroxyl groups excluding tert-OH is 1. The Bertz CT molecular complexity index is 2220. The van der Waals surface area contributed by atoms with Crippen molar-refractivity contribution in [2.75, 3.05) is 0 Å². The molecule has 0 fully saturated rings. The molecule has 6 aromatic rings. The summed E-state index contributed by atoms with van der Waals surface area (Å²) >= 11 is 3.68. The zero-order valence-electron chi connectivity index (χ0n) is 33.1. The van der Waals surface area contributed by atoms with E-state index in [-0.39, 0.29) is 47.9 Å². The Labute approximate surface area is 332 Å². The number of thiophene rings is 2. The third-order valence-electron chi connectivity index (χ3n) is 11.3. The summed E-state index contributed by atoms with van der Waals surface area (Å²) in [6.45, 7) is 25.7. The van der Waals surface area contributed by atoms with Crippen molar-refractivity contribution in [3.8, 4) is 11.3 Å². The van der Waals surface area contributed by atoms with Crippen LogP contribution in [0.25, 0.3) is 53.4 Å². The summed E-state index contributed by atoms with van der Waals surface area (Å²) in [5.41, 5.74) is 6.02. The van der Waals surface area contributed by atoms with E-state index in [9.17, 15) is 9.90 Å². The Morgan fingerprint density at radius 2 is 1.58 bits per heavy atom. The second kappa shape index (κ2) is 16.3. The Kier molecular flexibility index (Phi) is 13.1. The van der Waals surface area contributed by atoms with Crippen LogP contribution in [0, 0.1) is 29.7 Å². The first-order valence-corrected chi connectivity index (χ1v) is 20.3. The monoisotopic (exact) mass is 915 g/mol. The van der Waals surface area contributed by atoms with Crippen LogP contribution in [-0.2, 0) is 36.7 Å². The summed E-state index contributed by atoms with van der Waals surface area (Å²) in [6, 6.07) is 14.6. The first kappa shape index (κ1) is 41.9. The van der Waals surface area contributed by atoms with Crippen LogP contribution in [0.2, 0.25) is 0 Å². The number of aryl methyl sites for hydroxylation is 1. The van der Waals surface area contributed by atoms with Crippen molar-refractivity contribution in [3.05, 3.63) is 75.8 Å². The predicted octanol–water partition coefficient (Wildman–Crippen LogP) is 14.3. The van der Waals surface area contributed by atoms with E-state index >= 15 is 0 Å². The molecular weight excluding hydrogens is 859 g/mol. The van der Waals surface area contributed by atoms with E-state index in [4.69, 9.17) is 9.40 Å². The average molecular weight is 915 g/mol. The number of hydrogen-bond acceptors (Lipinski definition) is 6. The molecule has 0 aliphatic heterocycles. The van der Waals surface area contributed by atoms with Crippen LogP contribution in [0.15, 0.2) is 58.2 Å². The first-order valence-electron chi connectivity index (χ1n) is 18.6. The number of furan rings is 1. The first-order chi connectivity index (χ1) is 24.0. The van der Waals surface area contributed by atoms with Gasteiger partial charge in [0.25, 0.3) is 0 Å². The number of allylic oxidation sites excluding steroid dienone is 2. The van der Waals surface area contributed by atoms with E-state index in [0.29, 0.717) is 5.92 Å². The van der Waals surface area contributed by atoms with Crippen LogP contribution in [0.3, 0.4) is 0 Å². The zero-order valence-corrected chi connectivity index (χ0v) is 37.1. The van der Waals surface area contributed by atoms with Gasteiger partial charge in [-0.3, -0.25) is 9.78 Å². The maximum Gasteiger partial charge on any atom is 0.164 e. The van der Waals surface area contributed by atoms with Gasteiger partial charge in [-0.25, -0.2) is 0 Å². The molecule has 0 aliphatic carbocycles. The molecule has 0 saturated carbocycles. The fourth-order valence-electron chi connectivity index (χ4n) is 6.65. The van der Waals surface area contributed by atoms with Gasteiger partial charge in [0.2, 0.25) is 0 Å². The summed E-state index contributed by atoms with van der Waals surface area (Å²) in [5, 5.41) is 17.0. The van der Waals surface area contributed by atoms with Crippen molar-refractivity contribution in [1.82, 2.24) is 4.98 Å². The Morgan fingerprint density at radius 1 is 0.942 bits per heavy atom. The van der Waals surface area contributed by atoms with Gasteiger partial charge in [-0.2, -0.15) is 11.3 Å². The van der Waals surface area contributed by atoms with E-state index in [1.165, 1.54) is 36.9 Å². The topological polar surface area (TPSA) is 63.3 Å². The van der Waals surface area contributed by atoms with Crippen molar-refractivity contribution in [3.63, 3.8) is 0 Å². The number of carbonyl (C=O) groups excluding carboxylic acids is 1. The van der Waals surface area contributed by atoms with Gasteiger partial charge in [-0.1, -0.05) is 99.4 Å². The maximum absolute atomic E-state index is 12.2. The molecule has 6 rings (SSSR count). The van der Waals surface area contributed by atoms with Crippen molar-refractivity contribution in [1.29, 1.82) is 0 Å². The Morgan fingerprint density at radius 3 is 2.17 bits per heavy atom. The van der Waals surface area contributed by atoms with Gasteiger partial charge in [0.1, 0.15) is 11.3 Å². The molecule has 7 heteroatoms. The molecular formula is C45H56IrNO3S2-. The molecule has 4 aromatic heterocycles. The number of fused-ring (bicyclic) bond motifs is 6. The van der Waals surface area contributed by atoms with Crippen molar-refractivity contribution in [2.45, 2.75) is 121 Å². The minimum Gasteiger partial charge on any atom is -0.512 e. The number of aliphatic hydroxyl groups is 1. The molecule has 1 N–H and O–H groups in total. The van der Waals surface area contributed by atoms with E-state index in [1.807, 2.05) is 65.1 Å². The summed E-state index contributed by atoms with van der Waals surface area (Å²) in [4.78, 5) is 18.5. The molecule has 0 saturated heterocycles. The normalized spacial score (nSPS) is 12.9. The van der Waals surface area contributed by atoms with Crippen LogP contribution < -0.4 is 0 Å². The minimum atomic E-state index is -0.337. The van der Waals surface area contributed by atoms with E-state index in [0.717, 1.165) is 70.7 Å². The van der Waals surface area contributed by atoms with Crippen molar-refractivity contribution >= 4 is 70.6 Å². The average Bonchev–Trinajstić information content (AvgIpc) is 3.82. The fraction of sp³-hybridized carbons (Fsp3) is 0.467. The third kappa shape index (κ3) is 7.99. The molecule has 52 heavy (non-hydrogen) atoms. The number of benzene rings is 2. The standard InChI is InChI=1S/C30H28NOS2.C15H28O2.Ir/c1-16(2)13-24-17(3)20-7-8-21-25-23(32-27(21)29(20)34-24)9-11-31-26(25)19-14-18-10-12-33-28(18)22(15-19)30(4,5)6;1-7-14(5,8-2)12(16)11-13(17)15(6,9-3)10-4;/h7-12,15-16H,13H2,1-6H3;11,16H,7-10H2,1-6H3;/q-1;;/b;12-11-;. The van der Waals surface area contributed by atoms with Gasteiger partial charge < -0.3 is 9.52 Å². The van der Waals surface area contributed by atoms with Crippen molar-refractivity contribution < 1.29 is 34.4 Å². The molecule has 0 aliphatic rings. The van der Waals surface area contributed by atoms with Crippen LogP contribution in [-0.4, -0.2) is 15.9 Å². The molecule has 0 spiro atoms. The molecule has 1 radical (unpaired) electrons. The molecule has 4 heterocycles. The molecule has 281 valence electrons. The number of rotatable bonds is 10. The summed E-state index contributed by atoms with van der Waals surface area (Å²) in [5.74, 6) is 0.919. The van der Waals surface area contributed by atoms with Crippen LogP contribution in [0.4, 0.5) is 0 Å². The van der Waals surface area contributed by atoms with E-state index in [1.54, 1.807) is 11.3 Å². The molecule has 0 atom stereocenters. The van der Waals surface area contributed by atoms with Gasteiger partial charge in [-0.15, -0.1) is 34.9 Å². The molecule has 4 nitrogen and oxygen atoms in total. The summed E-state index contributed by atoms with van der Waals surface area (Å²) in [6.07, 6.45) is 7.72. The SMILES string of the molecule is CCC(C)(CC)C(=O)/C=C(\O)C(C)(CC)CC.Cc1c(CC(C)C)sc2c1ccc1c2oc2ccnc(-c3[c-]c4ccsc4c(C(C)(C)C)c3)c21.[Ir]. The smallest absolute Gasteiger partial charge is 0.164 e. The second-order valence-electron chi connectivity index (χ2n) is 16.1. The quantitative estimate of drug-likeness (QED) is 0.0845. The van der Waals surface area contributed by atoms with Gasteiger partial charge in [0.15, 0.2) is 11.4 Å². The third-order valence-corrected chi connectivity index (χ3v) is 13.6. The maximum atomic E-state index is 12.2. The number of aromatic nitrogens is 1. The molecule has 0 amide bonds. The Hall–Kier alpha value is -2.83. The summed E-state index contributed by atoms with van der Waals surface area (Å²) in [7, 11) is 0. The van der Waals surface area contributed by atoms with Crippen molar-refractivity contribution in [2.24, 2.45) is 16.7 Å². The van der Waals surface area contributed by atoms with Gasteiger partial charge in [-0.05, 0) is 77.5 Å². The van der Waals surface area contributed by atoms with E-state index < -0.39 is 0 Å². The predicted molar refractivity (Wildman–Crippen MR) is 222 cm³/mol. The van der Waals surface area contributed by atoms with Gasteiger partial charge >= 0.3 is 0 Å². The number of carbonyl (C=O) groups is 1. The summed E-state index contributed by atoms with van der Waals surface area (Å²) < 4.78 is 9.09. The number of ketones is 1. The fourth-order valence-corrected chi connectivity index (χ4v) is 9.23. The minimum absolute atomic E-state index is 0. The number of nitrogens with zero attached hydrogens (tertiary/aromatic N) is 1. The van der Waals surface area contributed by atoms with Gasteiger partial charge in [0, 0.05) is 64.6 Å². The molecule has 0 unspecified atom stereocenters. The van der Waals surface area contributed by atoms with Gasteiger partial charge in [0.05, 0.1) is 4.70 Å². The van der Waals surface area contributed by atoms with Crippen LogP contribution >= 0.6 is 22.7 Å². The largest absolute Gasteiger partial charge is 0.512 e. The Balaban J connectivity index is 0.000000289. The molecule has 0 bridgehead atoms. The molecule has 2 aromatic carbocycles. The number of pyridine rings is 1. The number of hydrogen-bond donors (Lipinski definition) is 1. The second-order valence-corrected chi connectivity index (χ2v) is 18.2. The van der Waals surface area contributed by atoms with Crippen LogP contribution in [0.5, 0.6) is 0 Å². The zero-order chi connectivity index (χ0) is 37.5.